The van der Waals surface area contributed by atoms with Crippen molar-refractivity contribution in [1.29, 1.82) is 0 Å². The first-order chi connectivity index (χ1) is 7.20. The minimum Gasteiger partial charge on any atom is -0.381 e. The minimum atomic E-state index is 0.597. The lowest BCUT2D eigenvalue weighted by atomic mass is 10.0. The van der Waals surface area contributed by atoms with E-state index in [4.69, 9.17) is 4.74 Å². The van der Waals surface area contributed by atoms with E-state index < -0.39 is 0 Å². The fraction of sp³-hybridized carbons (Fsp3) is 0.417. The number of nitrogens with one attached hydrogen (secondary N) is 1. The molecule has 0 spiro atoms. The number of hydrogen-bond donors (Lipinski definition) is 1. The molecule has 0 aliphatic carbocycles. The van der Waals surface area contributed by atoms with Gasteiger partial charge in [-0.25, -0.2) is 0 Å². The van der Waals surface area contributed by atoms with Crippen LogP contribution in [0.4, 0.5) is 5.69 Å². The Morgan fingerprint density at radius 2 is 2.40 bits per heavy atom. The van der Waals surface area contributed by atoms with Gasteiger partial charge < -0.3 is 10.1 Å². The SMILES string of the molecule is C=C(C)c1cnc2c(c1C)NCCOC2. The molecule has 0 aromatic carbocycles. The molecule has 2 rings (SSSR count). The molecule has 0 saturated heterocycles. The fourth-order valence-corrected chi connectivity index (χ4v) is 1.85. The second-order valence-corrected chi connectivity index (χ2v) is 3.88. The molecule has 0 saturated carbocycles. The summed E-state index contributed by atoms with van der Waals surface area (Å²) in [6.07, 6.45) is 1.88. The Hall–Kier alpha value is -1.35. The zero-order valence-electron chi connectivity index (χ0n) is 9.26. The van der Waals surface area contributed by atoms with Gasteiger partial charge in [-0.05, 0) is 25.0 Å². The van der Waals surface area contributed by atoms with Crippen LogP contribution in [0.25, 0.3) is 5.57 Å². The molecule has 0 fully saturated rings. The number of hydrogen-bond acceptors (Lipinski definition) is 3. The predicted molar refractivity (Wildman–Crippen MR) is 61.8 cm³/mol. The lowest BCUT2D eigenvalue weighted by Crippen LogP contribution is -2.07. The van der Waals surface area contributed by atoms with Crippen LogP contribution in [0, 0.1) is 6.92 Å². The average Bonchev–Trinajstić information content (AvgIpc) is 2.43. The van der Waals surface area contributed by atoms with Crippen molar-refractivity contribution in [2.24, 2.45) is 0 Å². The first-order valence-corrected chi connectivity index (χ1v) is 5.16. The highest BCUT2D eigenvalue weighted by Crippen LogP contribution is 2.27. The molecule has 0 unspecified atom stereocenters. The molecule has 2 heterocycles. The van der Waals surface area contributed by atoms with Gasteiger partial charge >= 0.3 is 0 Å². The summed E-state index contributed by atoms with van der Waals surface area (Å²) in [5.74, 6) is 0. The summed E-state index contributed by atoms with van der Waals surface area (Å²) in [7, 11) is 0. The highest BCUT2D eigenvalue weighted by Gasteiger charge is 2.13. The Morgan fingerprint density at radius 1 is 1.60 bits per heavy atom. The summed E-state index contributed by atoms with van der Waals surface area (Å²) >= 11 is 0. The lowest BCUT2D eigenvalue weighted by Gasteiger charge is -2.13. The van der Waals surface area contributed by atoms with Gasteiger partial charge in [-0.3, -0.25) is 4.98 Å². The summed E-state index contributed by atoms with van der Waals surface area (Å²) in [6.45, 7) is 10.2. The van der Waals surface area contributed by atoms with E-state index in [1.54, 1.807) is 0 Å². The number of rotatable bonds is 1. The van der Waals surface area contributed by atoms with Crippen LogP contribution in [-0.4, -0.2) is 18.1 Å². The number of anilines is 1. The third-order valence-corrected chi connectivity index (χ3v) is 2.66. The van der Waals surface area contributed by atoms with Crippen LogP contribution in [-0.2, 0) is 11.3 Å². The van der Waals surface area contributed by atoms with Gasteiger partial charge in [0.15, 0.2) is 0 Å². The number of fused-ring (bicyclic) bond motifs is 1. The van der Waals surface area contributed by atoms with E-state index in [0.29, 0.717) is 6.61 Å². The van der Waals surface area contributed by atoms with Gasteiger partial charge in [0.2, 0.25) is 0 Å². The van der Waals surface area contributed by atoms with E-state index in [2.05, 4.69) is 23.8 Å². The van der Waals surface area contributed by atoms with Crippen molar-refractivity contribution < 1.29 is 4.74 Å². The Bertz CT molecular complexity index is 399. The van der Waals surface area contributed by atoms with Crippen LogP contribution >= 0.6 is 0 Å². The van der Waals surface area contributed by atoms with Crippen LogP contribution < -0.4 is 5.32 Å². The fourth-order valence-electron chi connectivity index (χ4n) is 1.85. The first kappa shape index (κ1) is 10.2. The molecule has 0 radical (unpaired) electrons. The molecule has 1 aromatic rings. The number of allylic oxidation sites excluding steroid dienone is 1. The molecule has 0 atom stereocenters. The molecule has 1 aliphatic heterocycles. The Kier molecular flexibility index (Phi) is 2.73. The summed E-state index contributed by atoms with van der Waals surface area (Å²) < 4.78 is 5.43. The van der Waals surface area contributed by atoms with Gasteiger partial charge in [-0.15, -0.1) is 0 Å². The molecule has 1 N–H and O–H groups in total. The highest BCUT2D eigenvalue weighted by molar-refractivity contribution is 5.71. The van der Waals surface area contributed by atoms with E-state index in [0.717, 1.165) is 35.7 Å². The molecule has 0 bridgehead atoms. The van der Waals surface area contributed by atoms with Gasteiger partial charge in [0, 0.05) is 18.3 Å². The third kappa shape index (κ3) is 1.88. The largest absolute Gasteiger partial charge is 0.381 e. The first-order valence-electron chi connectivity index (χ1n) is 5.16. The third-order valence-electron chi connectivity index (χ3n) is 2.66. The number of nitrogens with zero attached hydrogens (tertiary/aromatic N) is 1. The van der Waals surface area contributed by atoms with Crippen LogP contribution in [0.15, 0.2) is 12.8 Å². The number of aromatic nitrogens is 1. The molecule has 80 valence electrons. The summed E-state index contributed by atoms with van der Waals surface area (Å²) in [5.41, 5.74) is 5.51. The second-order valence-electron chi connectivity index (χ2n) is 3.88. The van der Waals surface area contributed by atoms with Crippen molar-refractivity contribution in [3.63, 3.8) is 0 Å². The van der Waals surface area contributed by atoms with Crippen LogP contribution in [0.3, 0.4) is 0 Å². The van der Waals surface area contributed by atoms with Crippen molar-refractivity contribution in [1.82, 2.24) is 4.98 Å². The van der Waals surface area contributed by atoms with E-state index in [1.165, 1.54) is 5.56 Å². The van der Waals surface area contributed by atoms with E-state index >= 15 is 0 Å². The number of pyridine rings is 1. The van der Waals surface area contributed by atoms with Crippen LogP contribution in [0.5, 0.6) is 0 Å². The van der Waals surface area contributed by atoms with Crippen molar-refractivity contribution in [2.75, 3.05) is 18.5 Å². The topological polar surface area (TPSA) is 34.2 Å². The van der Waals surface area contributed by atoms with Crippen molar-refractivity contribution in [3.8, 4) is 0 Å². The molecule has 15 heavy (non-hydrogen) atoms. The molecule has 1 aromatic heterocycles. The summed E-state index contributed by atoms with van der Waals surface area (Å²) in [4.78, 5) is 4.41. The molecular weight excluding hydrogens is 188 g/mol. The molecule has 3 nitrogen and oxygen atoms in total. The van der Waals surface area contributed by atoms with Gasteiger partial charge in [0.25, 0.3) is 0 Å². The van der Waals surface area contributed by atoms with Gasteiger partial charge in [-0.2, -0.15) is 0 Å². The van der Waals surface area contributed by atoms with Crippen molar-refractivity contribution in [3.05, 3.63) is 29.6 Å². The van der Waals surface area contributed by atoms with Gasteiger partial charge in [0.05, 0.1) is 24.6 Å². The van der Waals surface area contributed by atoms with Gasteiger partial charge in [-0.1, -0.05) is 6.58 Å². The van der Waals surface area contributed by atoms with E-state index in [9.17, 15) is 0 Å². The normalized spacial score (nSPS) is 15.1. The zero-order chi connectivity index (χ0) is 10.8. The van der Waals surface area contributed by atoms with Crippen molar-refractivity contribution >= 4 is 11.3 Å². The zero-order valence-corrected chi connectivity index (χ0v) is 9.26. The Balaban J connectivity index is 2.50. The molecule has 0 amide bonds. The minimum absolute atomic E-state index is 0.597. The summed E-state index contributed by atoms with van der Waals surface area (Å²) in [5, 5.41) is 3.36. The maximum Gasteiger partial charge on any atom is 0.0909 e. The average molecular weight is 204 g/mol. The van der Waals surface area contributed by atoms with Gasteiger partial charge in [0.1, 0.15) is 0 Å². The quantitative estimate of drug-likeness (QED) is 0.762. The molecule has 3 heteroatoms. The lowest BCUT2D eigenvalue weighted by molar-refractivity contribution is 0.132. The molecular formula is C12H16N2O. The van der Waals surface area contributed by atoms with E-state index in [-0.39, 0.29) is 0 Å². The number of ether oxygens (including phenoxy) is 1. The van der Waals surface area contributed by atoms with E-state index in [1.807, 2.05) is 13.1 Å². The Labute approximate surface area is 90.2 Å². The second kappa shape index (κ2) is 4.03. The standard InChI is InChI=1S/C12H16N2O/c1-8(2)10-6-14-11-7-15-5-4-13-12(11)9(10)3/h6,13H,1,4-5,7H2,2-3H3. The van der Waals surface area contributed by atoms with Crippen LogP contribution in [0.2, 0.25) is 0 Å². The Morgan fingerprint density at radius 3 is 3.13 bits per heavy atom. The highest BCUT2D eigenvalue weighted by atomic mass is 16.5. The van der Waals surface area contributed by atoms with Crippen LogP contribution in [0.1, 0.15) is 23.7 Å². The monoisotopic (exact) mass is 204 g/mol. The maximum atomic E-state index is 5.43. The predicted octanol–water partition coefficient (Wildman–Crippen LogP) is 2.37. The van der Waals surface area contributed by atoms with Crippen molar-refractivity contribution in [2.45, 2.75) is 20.5 Å². The smallest absolute Gasteiger partial charge is 0.0909 e. The molecule has 1 aliphatic rings. The summed E-state index contributed by atoms with van der Waals surface area (Å²) in [6, 6.07) is 0. The maximum absolute atomic E-state index is 5.43.